The Labute approximate surface area is 326 Å². The van der Waals surface area contributed by atoms with Crippen LogP contribution >= 0.6 is 11.6 Å². The van der Waals surface area contributed by atoms with Gasteiger partial charge in [-0.1, -0.05) is 54.1 Å². The maximum absolute atomic E-state index is 11.9. The molecule has 4 aromatic carbocycles. The van der Waals surface area contributed by atoms with Crippen LogP contribution in [0.3, 0.4) is 0 Å². The van der Waals surface area contributed by atoms with E-state index in [1.165, 1.54) is 13.1 Å². The quantitative estimate of drug-likeness (QED) is 0.0964. The Kier molecular flexibility index (Phi) is 12.0. The molecule has 3 N–H and O–H groups in total. The molecule has 5 aromatic rings. The molecular formula is C44H43ClN4O6. The molecule has 1 aliphatic heterocycles. The van der Waals surface area contributed by atoms with Crippen LogP contribution in [0.4, 0.5) is 0 Å². The van der Waals surface area contributed by atoms with Crippen LogP contribution in [0.1, 0.15) is 52.3 Å². The Balaban J connectivity index is 1.26. The van der Waals surface area contributed by atoms with E-state index in [9.17, 15) is 20.3 Å². The van der Waals surface area contributed by atoms with E-state index in [-0.39, 0.29) is 26.1 Å². The van der Waals surface area contributed by atoms with Crippen molar-refractivity contribution in [3.8, 4) is 45.6 Å². The Bertz CT molecular complexity index is 2300. The molecule has 1 atom stereocenters. The van der Waals surface area contributed by atoms with E-state index in [4.69, 9.17) is 25.8 Å². The van der Waals surface area contributed by atoms with E-state index < -0.39 is 18.0 Å². The second-order valence-electron chi connectivity index (χ2n) is 13.8. The standard InChI is InChI=1S/C44H43ClN4O6/c1-27-33(7-5-9-35(27)36-10-6-8-34(28(36)2)31-11-12-37(40(19-31)53-4)42-48-15-16-49-42)25-55-41-20-39(54-24-30-17-29(21-46)22-47-23-30)32(18-38(41)45)13-14-44(3,26-50)43(51)52/h5-12,17-20,22-23,50H,13-16,24-26H2,1-4H3,(H,48,49)(H,51,52)/t44-/m0/s1. The number of aliphatic hydroxyl groups excluding tert-OH is 1. The molecule has 6 rings (SSSR count). The highest BCUT2D eigenvalue weighted by molar-refractivity contribution is 6.32. The van der Waals surface area contributed by atoms with Gasteiger partial charge >= 0.3 is 5.97 Å². The van der Waals surface area contributed by atoms with Crippen molar-refractivity contribution in [1.82, 2.24) is 10.3 Å². The molecule has 0 radical (unpaired) electrons. The third kappa shape index (κ3) is 8.59. The van der Waals surface area contributed by atoms with Crippen molar-refractivity contribution >= 4 is 23.4 Å². The molecule has 282 valence electrons. The van der Waals surface area contributed by atoms with Crippen molar-refractivity contribution in [3.63, 3.8) is 0 Å². The number of aryl methyl sites for hydroxylation is 1. The molecule has 55 heavy (non-hydrogen) atoms. The topological polar surface area (TPSA) is 146 Å². The molecule has 0 unspecified atom stereocenters. The lowest BCUT2D eigenvalue weighted by Crippen LogP contribution is -2.32. The first kappa shape index (κ1) is 38.8. The summed E-state index contributed by atoms with van der Waals surface area (Å²) in [5, 5.41) is 32.6. The smallest absolute Gasteiger partial charge is 0.311 e. The molecule has 0 spiro atoms. The fraction of sp³-hybridized carbons (Fsp3) is 0.273. The van der Waals surface area contributed by atoms with Gasteiger partial charge in [0.05, 0.1) is 41.8 Å². The minimum absolute atomic E-state index is 0.107. The van der Waals surface area contributed by atoms with Gasteiger partial charge in [0.2, 0.25) is 0 Å². The second kappa shape index (κ2) is 17.1. The number of aliphatic imine (C=N–C) groups is 1. The predicted octanol–water partition coefficient (Wildman–Crippen LogP) is 8.09. The van der Waals surface area contributed by atoms with Gasteiger partial charge in [0, 0.05) is 30.6 Å². The summed E-state index contributed by atoms with van der Waals surface area (Å²) in [4.78, 5) is 20.6. The zero-order valence-electron chi connectivity index (χ0n) is 31.3. The number of hydrogen-bond acceptors (Lipinski definition) is 9. The second-order valence-corrected chi connectivity index (χ2v) is 14.2. The number of benzene rings is 4. The van der Waals surface area contributed by atoms with Gasteiger partial charge in [-0.15, -0.1) is 0 Å². The lowest BCUT2D eigenvalue weighted by molar-refractivity contribution is -0.150. The highest BCUT2D eigenvalue weighted by Gasteiger charge is 2.32. The molecule has 2 heterocycles. The lowest BCUT2D eigenvalue weighted by Gasteiger charge is -2.23. The SMILES string of the molecule is COc1cc(-c2cccc(-c3cccc(COc4cc(OCc5cncc(C#N)c5)c(CC[C@@](C)(CO)C(=O)O)cc4Cl)c3C)c2C)ccc1C1=NCCN1. The molecule has 10 nitrogen and oxygen atoms in total. The van der Waals surface area contributed by atoms with E-state index >= 15 is 0 Å². The van der Waals surface area contributed by atoms with Crippen molar-refractivity contribution < 1.29 is 29.2 Å². The number of rotatable bonds is 15. The summed E-state index contributed by atoms with van der Waals surface area (Å²) >= 11 is 6.79. The Morgan fingerprint density at radius 1 is 0.909 bits per heavy atom. The maximum Gasteiger partial charge on any atom is 0.311 e. The fourth-order valence-electron chi connectivity index (χ4n) is 6.63. The number of carboxylic acid groups (broad SMARTS) is 1. The van der Waals surface area contributed by atoms with Gasteiger partial charge < -0.3 is 29.7 Å². The molecule has 0 saturated carbocycles. The highest BCUT2D eigenvalue weighted by atomic mass is 35.5. The number of nitriles is 1. The Hall–Kier alpha value is -5.89. The largest absolute Gasteiger partial charge is 0.496 e. The Morgan fingerprint density at radius 2 is 1.65 bits per heavy atom. The van der Waals surface area contributed by atoms with Gasteiger partial charge in [0.15, 0.2) is 0 Å². The highest BCUT2D eigenvalue weighted by Crippen LogP contribution is 2.39. The van der Waals surface area contributed by atoms with Gasteiger partial charge in [-0.2, -0.15) is 5.26 Å². The number of aliphatic hydroxyl groups is 1. The summed E-state index contributed by atoms with van der Waals surface area (Å²) in [7, 11) is 1.68. The number of carboxylic acids is 1. The number of amidine groups is 1. The van der Waals surface area contributed by atoms with E-state index in [0.717, 1.165) is 69.2 Å². The van der Waals surface area contributed by atoms with Crippen molar-refractivity contribution in [2.45, 2.75) is 46.8 Å². The molecule has 1 aliphatic rings. The van der Waals surface area contributed by atoms with Gasteiger partial charge in [-0.3, -0.25) is 14.8 Å². The Morgan fingerprint density at radius 3 is 2.36 bits per heavy atom. The minimum Gasteiger partial charge on any atom is -0.496 e. The zero-order valence-corrected chi connectivity index (χ0v) is 32.0. The number of nitrogens with zero attached hydrogens (tertiary/aromatic N) is 3. The van der Waals surface area contributed by atoms with Crippen LogP contribution in [-0.2, 0) is 24.4 Å². The van der Waals surface area contributed by atoms with Crippen LogP contribution in [0, 0.1) is 30.6 Å². The lowest BCUT2D eigenvalue weighted by atomic mass is 9.85. The minimum atomic E-state index is -1.34. The summed E-state index contributed by atoms with van der Waals surface area (Å²) in [5.41, 5.74) is 8.85. The summed E-state index contributed by atoms with van der Waals surface area (Å²) in [5.74, 6) is 1.37. The first-order chi connectivity index (χ1) is 26.5. The molecule has 0 bridgehead atoms. The maximum atomic E-state index is 11.9. The number of methoxy groups -OCH3 is 1. The number of nitrogens with one attached hydrogen (secondary N) is 1. The van der Waals surface area contributed by atoms with E-state index in [1.807, 2.05) is 12.1 Å². The van der Waals surface area contributed by atoms with Gasteiger partial charge in [0.25, 0.3) is 0 Å². The van der Waals surface area contributed by atoms with Gasteiger partial charge in [0.1, 0.15) is 42.4 Å². The summed E-state index contributed by atoms with van der Waals surface area (Å²) in [6.07, 6.45) is 3.51. The molecule has 0 fully saturated rings. The van der Waals surface area contributed by atoms with Gasteiger partial charge in [-0.05, 0) is 102 Å². The summed E-state index contributed by atoms with van der Waals surface area (Å²) < 4.78 is 18.4. The zero-order chi connectivity index (χ0) is 39.1. The average molecular weight is 759 g/mol. The number of aliphatic carboxylic acids is 1. The first-order valence-electron chi connectivity index (χ1n) is 18.0. The fourth-order valence-corrected chi connectivity index (χ4v) is 6.87. The van der Waals surface area contributed by atoms with Crippen LogP contribution in [0.15, 0.2) is 90.2 Å². The van der Waals surface area contributed by atoms with Crippen molar-refractivity contribution in [2.24, 2.45) is 10.4 Å². The van der Waals surface area contributed by atoms with E-state index in [0.29, 0.717) is 33.2 Å². The number of ether oxygens (including phenoxy) is 3. The number of hydrogen-bond donors (Lipinski definition) is 3. The number of aromatic nitrogens is 1. The number of halogens is 1. The molecular weight excluding hydrogens is 716 g/mol. The first-order valence-corrected chi connectivity index (χ1v) is 18.3. The molecule has 0 amide bonds. The van der Waals surface area contributed by atoms with Crippen LogP contribution < -0.4 is 19.5 Å². The van der Waals surface area contributed by atoms with Crippen LogP contribution in [-0.4, -0.2) is 53.8 Å². The molecule has 11 heteroatoms. The van der Waals surface area contributed by atoms with E-state index in [1.54, 1.807) is 31.5 Å². The third-order valence-corrected chi connectivity index (χ3v) is 10.4. The van der Waals surface area contributed by atoms with Crippen molar-refractivity contribution in [2.75, 3.05) is 26.8 Å². The average Bonchev–Trinajstić information content (AvgIpc) is 3.74. The third-order valence-electron chi connectivity index (χ3n) is 10.1. The summed E-state index contributed by atoms with van der Waals surface area (Å²) in [6, 6.07) is 25.9. The molecule has 0 aliphatic carbocycles. The number of pyridine rings is 1. The summed E-state index contributed by atoms with van der Waals surface area (Å²) in [6.45, 7) is 7.10. The van der Waals surface area contributed by atoms with E-state index in [2.05, 4.69) is 77.7 Å². The van der Waals surface area contributed by atoms with Gasteiger partial charge in [-0.25, -0.2) is 0 Å². The molecule has 1 aromatic heterocycles. The van der Waals surface area contributed by atoms with Crippen LogP contribution in [0.2, 0.25) is 5.02 Å². The monoisotopic (exact) mass is 758 g/mol. The van der Waals surface area contributed by atoms with Crippen LogP contribution in [0.5, 0.6) is 17.2 Å². The van der Waals surface area contributed by atoms with Crippen molar-refractivity contribution in [1.29, 1.82) is 5.26 Å². The van der Waals surface area contributed by atoms with Crippen LogP contribution in [0.25, 0.3) is 22.3 Å². The normalized spacial score (nSPS) is 13.3. The molecule has 0 saturated heterocycles. The predicted molar refractivity (Wildman–Crippen MR) is 213 cm³/mol. The number of carbonyl (C=O) groups is 1. The van der Waals surface area contributed by atoms with Crippen molar-refractivity contribution in [3.05, 3.63) is 129 Å².